The molecule has 3 aromatic rings. The summed E-state index contributed by atoms with van der Waals surface area (Å²) in [7, 11) is 1.74. The topological polar surface area (TPSA) is 43.7 Å². The van der Waals surface area contributed by atoms with E-state index in [9.17, 15) is 4.79 Å². The summed E-state index contributed by atoms with van der Waals surface area (Å²) in [5, 5.41) is 1.06. The van der Waals surface area contributed by atoms with Crippen molar-refractivity contribution in [3.05, 3.63) is 64.8 Å². The van der Waals surface area contributed by atoms with Crippen LogP contribution < -0.4 is 4.74 Å². The molecule has 2 aromatic carbocycles. The summed E-state index contributed by atoms with van der Waals surface area (Å²) in [5.41, 5.74) is 5.32. The Kier molecular flexibility index (Phi) is 6.63. The van der Waals surface area contributed by atoms with Gasteiger partial charge in [-0.15, -0.1) is 0 Å². The minimum Gasteiger partial charge on any atom is -0.496 e. The van der Waals surface area contributed by atoms with Gasteiger partial charge in [-0.25, -0.2) is 4.79 Å². The lowest BCUT2D eigenvalue weighted by atomic mass is 9.89. The molecule has 2 aliphatic rings. The van der Waals surface area contributed by atoms with Gasteiger partial charge in [0.15, 0.2) is 0 Å². The molecule has 2 fully saturated rings. The molecule has 5 heteroatoms. The van der Waals surface area contributed by atoms with E-state index in [0.717, 1.165) is 53.2 Å². The molecule has 0 spiro atoms. The fraction of sp³-hybridized carbons (Fsp3) is 0.516. The highest BCUT2D eigenvalue weighted by Crippen LogP contribution is 2.50. The number of likely N-dealkylation sites (tertiary alicyclic amines) is 1. The van der Waals surface area contributed by atoms with Gasteiger partial charge in [0.25, 0.3) is 0 Å². The van der Waals surface area contributed by atoms with E-state index in [0.29, 0.717) is 12.0 Å². The number of nitrogens with zero attached hydrogens (tertiary/aromatic N) is 2. The third-order valence-electron chi connectivity index (χ3n) is 8.12. The second kappa shape index (κ2) is 9.59. The molecule has 36 heavy (non-hydrogen) atoms. The van der Waals surface area contributed by atoms with E-state index in [1.165, 1.54) is 30.4 Å². The van der Waals surface area contributed by atoms with E-state index >= 15 is 0 Å². The van der Waals surface area contributed by atoms with Gasteiger partial charge in [0, 0.05) is 36.3 Å². The standard InChI is InChI=1S/C31H40N2O3/c1-7-21-11-13-22(14-12-21)29-24-10-8-9-23(24)18-32(29)19-26-25-15-16-33(30(34)36-31(3,4)5)28(25)20(2)17-27(26)35-6/h11-17,23-24,29H,7-10,18-19H2,1-6H3. The molecule has 1 saturated heterocycles. The molecule has 3 atom stereocenters. The number of rotatable bonds is 5. The van der Waals surface area contributed by atoms with Crippen LogP contribution in [-0.4, -0.2) is 34.8 Å². The van der Waals surface area contributed by atoms with Crippen molar-refractivity contribution in [2.24, 2.45) is 11.8 Å². The lowest BCUT2D eigenvalue weighted by Crippen LogP contribution is -2.27. The summed E-state index contributed by atoms with van der Waals surface area (Å²) in [4.78, 5) is 15.7. The first-order valence-corrected chi connectivity index (χ1v) is 13.4. The SMILES string of the molecule is CCc1ccc(C2C3CCCC3CN2Cc2c(OC)cc(C)c3c2ccn3C(=O)OC(C)(C)C)cc1. The average Bonchev–Trinajstić information content (AvgIpc) is 3.54. The van der Waals surface area contributed by atoms with Gasteiger partial charge in [-0.1, -0.05) is 37.6 Å². The molecule has 2 heterocycles. The zero-order valence-corrected chi connectivity index (χ0v) is 22.6. The van der Waals surface area contributed by atoms with Gasteiger partial charge in [0.05, 0.1) is 12.6 Å². The van der Waals surface area contributed by atoms with E-state index in [-0.39, 0.29) is 6.09 Å². The zero-order chi connectivity index (χ0) is 25.6. The van der Waals surface area contributed by atoms with Crippen molar-refractivity contribution in [2.45, 2.75) is 78.5 Å². The predicted molar refractivity (Wildman–Crippen MR) is 145 cm³/mol. The zero-order valence-electron chi connectivity index (χ0n) is 22.6. The molecule has 1 saturated carbocycles. The van der Waals surface area contributed by atoms with Crippen LogP contribution in [0.3, 0.4) is 0 Å². The number of methoxy groups -OCH3 is 1. The van der Waals surface area contributed by atoms with Crippen molar-refractivity contribution in [1.29, 1.82) is 0 Å². The Balaban J connectivity index is 1.54. The fourth-order valence-electron chi connectivity index (χ4n) is 6.54. The summed E-state index contributed by atoms with van der Waals surface area (Å²) >= 11 is 0. The molecule has 1 aromatic heterocycles. The van der Waals surface area contributed by atoms with Gasteiger partial charge in [-0.2, -0.15) is 0 Å². The molecule has 5 nitrogen and oxygen atoms in total. The molecular formula is C31H40N2O3. The molecule has 1 aliphatic carbocycles. The van der Waals surface area contributed by atoms with Crippen molar-refractivity contribution in [3.63, 3.8) is 0 Å². The first-order chi connectivity index (χ1) is 17.2. The third kappa shape index (κ3) is 4.54. The molecular weight excluding hydrogens is 448 g/mol. The number of fused-ring (bicyclic) bond motifs is 2. The lowest BCUT2D eigenvalue weighted by Gasteiger charge is -2.29. The van der Waals surface area contributed by atoms with Crippen LogP contribution in [0.15, 0.2) is 42.6 Å². The number of hydrogen-bond acceptors (Lipinski definition) is 4. The second-order valence-corrected chi connectivity index (χ2v) is 11.6. The predicted octanol–water partition coefficient (Wildman–Crippen LogP) is 7.28. The van der Waals surface area contributed by atoms with Crippen LogP contribution in [0.4, 0.5) is 4.79 Å². The molecule has 0 N–H and O–H groups in total. The van der Waals surface area contributed by atoms with Gasteiger partial charge in [0.2, 0.25) is 0 Å². The van der Waals surface area contributed by atoms with E-state index in [4.69, 9.17) is 9.47 Å². The quantitative estimate of drug-likeness (QED) is 0.379. The van der Waals surface area contributed by atoms with E-state index < -0.39 is 5.60 Å². The van der Waals surface area contributed by atoms with Crippen LogP contribution in [0.2, 0.25) is 0 Å². The summed E-state index contributed by atoms with van der Waals surface area (Å²) < 4.78 is 13.3. The van der Waals surface area contributed by atoms with E-state index in [1.54, 1.807) is 11.7 Å². The van der Waals surface area contributed by atoms with E-state index in [2.05, 4.69) is 42.2 Å². The highest BCUT2D eigenvalue weighted by molar-refractivity contribution is 5.95. The van der Waals surface area contributed by atoms with Crippen LogP contribution in [0.1, 0.15) is 75.3 Å². The van der Waals surface area contributed by atoms with E-state index in [1.807, 2.05) is 40.0 Å². The van der Waals surface area contributed by atoms with Crippen LogP contribution in [0.5, 0.6) is 5.75 Å². The van der Waals surface area contributed by atoms with Crippen LogP contribution in [0.25, 0.3) is 10.9 Å². The van der Waals surface area contributed by atoms with Crippen molar-refractivity contribution in [1.82, 2.24) is 9.47 Å². The lowest BCUT2D eigenvalue weighted by molar-refractivity contribution is 0.0544. The number of aromatic nitrogens is 1. The molecule has 3 unspecified atom stereocenters. The maximum absolute atomic E-state index is 13.0. The smallest absolute Gasteiger partial charge is 0.419 e. The number of benzene rings is 2. The largest absolute Gasteiger partial charge is 0.496 e. The van der Waals surface area contributed by atoms with Gasteiger partial charge in [-0.3, -0.25) is 9.47 Å². The Labute approximate surface area is 215 Å². The maximum atomic E-state index is 13.0. The summed E-state index contributed by atoms with van der Waals surface area (Å²) in [6.07, 6.45) is 6.52. The Hall–Kier alpha value is -2.79. The molecule has 0 bridgehead atoms. The van der Waals surface area contributed by atoms with Crippen LogP contribution in [0, 0.1) is 18.8 Å². The van der Waals surface area contributed by atoms with Crippen molar-refractivity contribution >= 4 is 17.0 Å². The van der Waals surface area contributed by atoms with Gasteiger partial charge < -0.3 is 9.47 Å². The Morgan fingerprint density at radius 2 is 1.86 bits per heavy atom. The first-order valence-electron chi connectivity index (χ1n) is 13.4. The first kappa shape index (κ1) is 24.9. The Morgan fingerprint density at radius 3 is 2.53 bits per heavy atom. The van der Waals surface area contributed by atoms with Gasteiger partial charge in [-0.05, 0) is 87.6 Å². The number of hydrogen-bond donors (Lipinski definition) is 0. The Bertz CT molecular complexity index is 1250. The number of carbonyl (C=O) groups is 1. The number of carbonyl (C=O) groups excluding carboxylic acids is 1. The molecule has 192 valence electrons. The van der Waals surface area contributed by atoms with Gasteiger partial charge in [0.1, 0.15) is 11.4 Å². The minimum atomic E-state index is -0.551. The molecule has 0 radical (unpaired) electrons. The number of ether oxygens (including phenoxy) is 2. The molecule has 1 aliphatic heterocycles. The van der Waals surface area contributed by atoms with Crippen LogP contribution >= 0.6 is 0 Å². The summed E-state index contributed by atoms with van der Waals surface area (Å²) in [6.45, 7) is 11.8. The summed E-state index contributed by atoms with van der Waals surface area (Å²) in [5.74, 6) is 2.34. The third-order valence-corrected chi connectivity index (χ3v) is 8.12. The highest BCUT2D eigenvalue weighted by Gasteiger charge is 2.44. The molecule has 0 amide bonds. The van der Waals surface area contributed by atoms with Gasteiger partial charge >= 0.3 is 6.09 Å². The maximum Gasteiger partial charge on any atom is 0.419 e. The number of aryl methyl sites for hydroxylation is 2. The van der Waals surface area contributed by atoms with Crippen molar-refractivity contribution in [3.8, 4) is 5.75 Å². The van der Waals surface area contributed by atoms with Crippen molar-refractivity contribution in [2.75, 3.05) is 13.7 Å². The second-order valence-electron chi connectivity index (χ2n) is 11.6. The summed E-state index contributed by atoms with van der Waals surface area (Å²) in [6, 6.07) is 13.8. The Morgan fingerprint density at radius 1 is 1.11 bits per heavy atom. The minimum absolute atomic E-state index is 0.346. The van der Waals surface area contributed by atoms with Crippen molar-refractivity contribution < 1.29 is 14.3 Å². The molecule has 5 rings (SSSR count). The average molecular weight is 489 g/mol. The fourth-order valence-corrected chi connectivity index (χ4v) is 6.54. The van der Waals surface area contributed by atoms with Crippen LogP contribution in [-0.2, 0) is 17.7 Å². The highest BCUT2D eigenvalue weighted by atomic mass is 16.6. The normalized spacial score (nSPS) is 22.2. The monoisotopic (exact) mass is 488 g/mol.